The Balaban J connectivity index is 0.00000280. The van der Waals surface area contributed by atoms with Crippen molar-refractivity contribution >= 4 is 28.3 Å². The van der Waals surface area contributed by atoms with E-state index in [0.717, 1.165) is 44.8 Å². The van der Waals surface area contributed by atoms with Crippen LogP contribution in [0.5, 0.6) is 0 Å². The van der Waals surface area contributed by atoms with Crippen molar-refractivity contribution < 1.29 is 17.6 Å². The lowest BCUT2D eigenvalue weighted by molar-refractivity contribution is 0.0788. The molecule has 6 nitrogen and oxygen atoms in total. The average molecular weight is 434 g/mol. The quantitative estimate of drug-likeness (QED) is 0.748. The summed E-state index contributed by atoms with van der Waals surface area (Å²) in [4.78, 5) is 14.0. The molecule has 9 heteroatoms. The van der Waals surface area contributed by atoms with Crippen LogP contribution in [0.4, 0.5) is 4.39 Å². The van der Waals surface area contributed by atoms with E-state index in [1.165, 1.54) is 16.4 Å². The Morgan fingerprint density at radius 1 is 1.25 bits per heavy atom. The van der Waals surface area contributed by atoms with Crippen molar-refractivity contribution in [1.82, 2.24) is 14.5 Å². The largest absolute Gasteiger partial charge is 0.339 e. The molecule has 0 atom stereocenters. The number of carbonyl (C=O) groups is 1. The van der Waals surface area contributed by atoms with Gasteiger partial charge in [0.1, 0.15) is 5.82 Å². The lowest BCUT2D eigenvalue weighted by atomic mass is 10.1. The number of hydrogen-bond donors (Lipinski definition) is 1. The highest BCUT2D eigenvalue weighted by Gasteiger charge is 2.32. The standard InChI is InChI=1S/C19H28FN3O3S.ClH/c1-2-11-23(15-7-9-21-10-8-15)27(25,26)16-5-6-17(18(20)14-16)19(24)22-12-3-4-13-22;/h5-6,14-15,21H,2-4,7-13H2,1H3;1H. The van der Waals surface area contributed by atoms with E-state index in [4.69, 9.17) is 0 Å². The first-order chi connectivity index (χ1) is 12.9. The molecule has 0 unspecified atom stereocenters. The van der Waals surface area contributed by atoms with Crippen LogP contribution in [-0.4, -0.2) is 62.3 Å². The normalized spacial score (nSPS) is 18.3. The molecule has 3 rings (SSSR count). The molecule has 2 fully saturated rings. The lowest BCUT2D eigenvalue weighted by Crippen LogP contribution is -2.46. The molecule has 1 amide bonds. The molecule has 0 saturated carbocycles. The van der Waals surface area contributed by atoms with Gasteiger partial charge in [-0.05, 0) is 63.4 Å². The summed E-state index contributed by atoms with van der Waals surface area (Å²) in [7, 11) is -3.81. The van der Waals surface area contributed by atoms with E-state index >= 15 is 0 Å². The molecule has 1 aromatic rings. The fraction of sp³-hybridized carbons (Fsp3) is 0.632. The van der Waals surface area contributed by atoms with E-state index in [0.29, 0.717) is 26.1 Å². The van der Waals surface area contributed by atoms with Crippen molar-refractivity contribution in [2.75, 3.05) is 32.7 Å². The number of amides is 1. The molecule has 2 saturated heterocycles. The average Bonchev–Trinajstić information content (AvgIpc) is 3.21. The third-order valence-corrected chi connectivity index (χ3v) is 7.28. The van der Waals surface area contributed by atoms with Crippen molar-refractivity contribution in [3.63, 3.8) is 0 Å². The third kappa shape index (κ3) is 4.84. The summed E-state index contributed by atoms with van der Waals surface area (Å²) in [6, 6.07) is 3.61. The van der Waals surface area contributed by atoms with Gasteiger partial charge in [0.15, 0.2) is 0 Å². The molecular weight excluding hydrogens is 405 g/mol. The molecule has 28 heavy (non-hydrogen) atoms. The van der Waals surface area contributed by atoms with Gasteiger partial charge >= 0.3 is 0 Å². The van der Waals surface area contributed by atoms with Gasteiger partial charge in [0.2, 0.25) is 10.0 Å². The number of hydrogen-bond acceptors (Lipinski definition) is 4. The maximum Gasteiger partial charge on any atom is 0.256 e. The summed E-state index contributed by atoms with van der Waals surface area (Å²) in [6.45, 7) is 5.14. The van der Waals surface area contributed by atoms with E-state index in [-0.39, 0.29) is 34.8 Å². The van der Waals surface area contributed by atoms with Crippen LogP contribution in [0.2, 0.25) is 0 Å². The Hall–Kier alpha value is -1.22. The van der Waals surface area contributed by atoms with Crippen molar-refractivity contribution in [2.24, 2.45) is 0 Å². The SMILES string of the molecule is CCCN(C1CCNCC1)S(=O)(=O)c1ccc(C(=O)N2CCCC2)c(F)c1.Cl. The highest BCUT2D eigenvalue weighted by atomic mass is 35.5. The summed E-state index contributed by atoms with van der Waals surface area (Å²) >= 11 is 0. The van der Waals surface area contributed by atoms with Gasteiger partial charge in [0, 0.05) is 25.7 Å². The Labute approximate surface area is 172 Å². The van der Waals surface area contributed by atoms with Gasteiger partial charge in [-0.1, -0.05) is 6.92 Å². The molecule has 0 aromatic heterocycles. The zero-order valence-electron chi connectivity index (χ0n) is 16.2. The van der Waals surface area contributed by atoms with Crippen LogP contribution in [-0.2, 0) is 10.0 Å². The molecule has 2 aliphatic heterocycles. The number of halogens is 2. The number of likely N-dealkylation sites (tertiary alicyclic amines) is 1. The predicted molar refractivity (Wildman–Crippen MR) is 109 cm³/mol. The zero-order chi connectivity index (χ0) is 19.4. The van der Waals surface area contributed by atoms with Crippen LogP contribution in [0.25, 0.3) is 0 Å². The number of piperidine rings is 1. The summed E-state index contributed by atoms with van der Waals surface area (Å²) < 4.78 is 42.4. The second kappa shape index (κ2) is 10.0. The summed E-state index contributed by atoms with van der Waals surface area (Å²) in [6.07, 6.45) is 4.02. The van der Waals surface area contributed by atoms with Crippen molar-refractivity contribution in [1.29, 1.82) is 0 Å². The molecule has 0 spiro atoms. The second-order valence-corrected chi connectivity index (χ2v) is 9.13. The van der Waals surface area contributed by atoms with Crippen LogP contribution in [0, 0.1) is 5.82 Å². The predicted octanol–water partition coefficient (Wildman–Crippen LogP) is 2.64. The smallest absolute Gasteiger partial charge is 0.256 e. The topological polar surface area (TPSA) is 69.7 Å². The Bertz CT molecular complexity index is 779. The Kier molecular flexibility index (Phi) is 8.24. The summed E-state index contributed by atoms with van der Waals surface area (Å²) in [5, 5.41) is 3.24. The van der Waals surface area contributed by atoms with Crippen LogP contribution in [0.3, 0.4) is 0 Å². The molecule has 0 radical (unpaired) electrons. The molecule has 1 N–H and O–H groups in total. The first-order valence-corrected chi connectivity index (χ1v) is 11.2. The van der Waals surface area contributed by atoms with Gasteiger partial charge in [-0.15, -0.1) is 12.4 Å². The molecule has 0 bridgehead atoms. The van der Waals surface area contributed by atoms with Crippen LogP contribution >= 0.6 is 12.4 Å². The fourth-order valence-electron chi connectivity index (χ4n) is 3.87. The molecule has 158 valence electrons. The highest BCUT2D eigenvalue weighted by Crippen LogP contribution is 2.25. The monoisotopic (exact) mass is 433 g/mol. The van der Waals surface area contributed by atoms with Crippen LogP contribution in [0.15, 0.2) is 23.1 Å². The van der Waals surface area contributed by atoms with E-state index in [1.54, 1.807) is 4.90 Å². The van der Waals surface area contributed by atoms with Gasteiger partial charge in [-0.25, -0.2) is 12.8 Å². The van der Waals surface area contributed by atoms with Crippen molar-refractivity contribution in [3.8, 4) is 0 Å². The molecule has 2 heterocycles. The first-order valence-electron chi connectivity index (χ1n) is 9.76. The Morgan fingerprint density at radius 3 is 2.46 bits per heavy atom. The van der Waals surface area contributed by atoms with Crippen molar-refractivity contribution in [3.05, 3.63) is 29.6 Å². The molecule has 2 aliphatic rings. The van der Waals surface area contributed by atoms with Gasteiger partial charge in [-0.3, -0.25) is 4.79 Å². The van der Waals surface area contributed by atoms with Gasteiger partial charge in [-0.2, -0.15) is 4.31 Å². The number of nitrogens with zero attached hydrogens (tertiary/aromatic N) is 2. The minimum Gasteiger partial charge on any atom is -0.339 e. The Morgan fingerprint density at radius 2 is 1.89 bits per heavy atom. The van der Waals surface area contributed by atoms with E-state index in [9.17, 15) is 17.6 Å². The molecule has 0 aliphatic carbocycles. The maximum absolute atomic E-state index is 14.6. The molecular formula is C19H29ClFN3O3S. The van der Waals surface area contributed by atoms with Crippen LogP contribution in [0.1, 0.15) is 49.4 Å². The second-order valence-electron chi connectivity index (χ2n) is 7.24. The lowest BCUT2D eigenvalue weighted by Gasteiger charge is -2.33. The number of rotatable bonds is 6. The number of nitrogens with one attached hydrogen (secondary N) is 1. The van der Waals surface area contributed by atoms with Gasteiger partial charge in [0.05, 0.1) is 10.5 Å². The highest BCUT2D eigenvalue weighted by molar-refractivity contribution is 7.89. The minimum atomic E-state index is -3.81. The number of carbonyl (C=O) groups excluding carboxylic acids is 1. The molecule has 1 aromatic carbocycles. The number of benzene rings is 1. The first kappa shape index (κ1) is 23.1. The van der Waals surface area contributed by atoms with Gasteiger partial charge < -0.3 is 10.2 Å². The number of sulfonamides is 1. The fourth-order valence-corrected chi connectivity index (χ4v) is 5.66. The summed E-state index contributed by atoms with van der Waals surface area (Å²) in [5.74, 6) is -1.13. The van der Waals surface area contributed by atoms with Crippen molar-refractivity contribution in [2.45, 2.75) is 50.0 Å². The van der Waals surface area contributed by atoms with Gasteiger partial charge in [0.25, 0.3) is 5.91 Å². The van der Waals surface area contributed by atoms with E-state index in [2.05, 4.69) is 5.32 Å². The van der Waals surface area contributed by atoms with E-state index < -0.39 is 15.8 Å². The minimum absolute atomic E-state index is 0. The zero-order valence-corrected chi connectivity index (χ0v) is 17.8. The maximum atomic E-state index is 14.6. The van der Waals surface area contributed by atoms with E-state index in [1.807, 2.05) is 6.92 Å². The van der Waals surface area contributed by atoms with Crippen LogP contribution < -0.4 is 5.32 Å². The third-order valence-electron chi connectivity index (χ3n) is 5.33. The summed E-state index contributed by atoms with van der Waals surface area (Å²) in [5.41, 5.74) is -0.0558.